The molecule has 1 aliphatic heterocycles. The maximum atomic E-state index is 13.7. The summed E-state index contributed by atoms with van der Waals surface area (Å²) in [5.74, 6) is 0.601. The van der Waals surface area contributed by atoms with Crippen LogP contribution in [0.15, 0.2) is 18.2 Å². The quantitative estimate of drug-likeness (QED) is 0.817. The number of nitrogens with zero attached hydrogens (tertiary/aromatic N) is 1. The number of hydrogen-bond acceptors (Lipinski definition) is 2. The van der Waals surface area contributed by atoms with Crippen molar-refractivity contribution in [3.63, 3.8) is 0 Å². The minimum absolute atomic E-state index is 0.177. The van der Waals surface area contributed by atoms with Gasteiger partial charge in [-0.1, -0.05) is 19.4 Å². The Hall–Kier alpha value is -1.09. The second-order valence-corrected chi connectivity index (χ2v) is 5.00. The molecule has 94 valence electrons. The maximum Gasteiger partial charge on any atom is 0.129 e. The number of halogens is 1. The molecule has 0 amide bonds. The Morgan fingerprint density at radius 2 is 2.29 bits per heavy atom. The third-order valence-electron chi connectivity index (χ3n) is 3.65. The minimum atomic E-state index is -0.177. The van der Waals surface area contributed by atoms with Crippen molar-refractivity contribution in [2.24, 2.45) is 5.92 Å². The van der Waals surface area contributed by atoms with Crippen LogP contribution in [-0.4, -0.2) is 18.0 Å². The normalized spacial score (nSPS) is 21.6. The predicted octanol–water partition coefficient (Wildman–Crippen LogP) is 3.03. The van der Waals surface area contributed by atoms with Gasteiger partial charge in [-0.2, -0.15) is 0 Å². The van der Waals surface area contributed by atoms with E-state index in [9.17, 15) is 4.39 Å². The second kappa shape index (κ2) is 5.50. The molecule has 0 radical (unpaired) electrons. The third kappa shape index (κ3) is 3.19. The Morgan fingerprint density at radius 3 is 3.00 bits per heavy atom. The zero-order valence-corrected chi connectivity index (χ0v) is 10.5. The molecule has 3 heteroatoms. The molecule has 2 nitrogen and oxygen atoms in total. The zero-order valence-electron chi connectivity index (χ0n) is 10.5. The zero-order chi connectivity index (χ0) is 12.3. The second-order valence-electron chi connectivity index (χ2n) is 5.00. The summed E-state index contributed by atoms with van der Waals surface area (Å²) >= 11 is 0. The summed E-state index contributed by atoms with van der Waals surface area (Å²) in [7, 11) is 0. The predicted molar refractivity (Wildman–Crippen MR) is 69.1 cm³/mol. The molecule has 1 fully saturated rings. The van der Waals surface area contributed by atoms with E-state index in [-0.39, 0.29) is 5.82 Å². The highest BCUT2D eigenvalue weighted by Gasteiger charge is 2.19. The van der Waals surface area contributed by atoms with Gasteiger partial charge in [0.2, 0.25) is 0 Å². The van der Waals surface area contributed by atoms with Gasteiger partial charge in [0.1, 0.15) is 5.82 Å². The Labute approximate surface area is 103 Å². The molecule has 0 aliphatic carbocycles. The molecule has 2 rings (SSSR count). The van der Waals surface area contributed by atoms with Crippen molar-refractivity contribution in [2.45, 2.75) is 32.7 Å². The number of hydrogen-bond donors (Lipinski definition) is 1. The summed E-state index contributed by atoms with van der Waals surface area (Å²) in [6, 6.07) is 5.00. The molecule has 2 N–H and O–H groups in total. The highest BCUT2D eigenvalue weighted by molar-refractivity contribution is 5.40. The van der Waals surface area contributed by atoms with E-state index < -0.39 is 0 Å². The van der Waals surface area contributed by atoms with Crippen molar-refractivity contribution in [1.82, 2.24) is 4.90 Å². The van der Waals surface area contributed by atoms with Crippen molar-refractivity contribution in [3.8, 4) is 0 Å². The van der Waals surface area contributed by atoms with E-state index in [1.165, 1.54) is 25.3 Å². The Morgan fingerprint density at radius 1 is 1.47 bits per heavy atom. The lowest BCUT2D eigenvalue weighted by atomic mass is 9.95. The SMILES string of the molecule is CCC1CCCN(Cc2ccc(N)cc2F)C1. The van der Waals surface area contributed by atoms with Gasteiger partial charge in [0, 0.05) is 24.3 Å². The first-order valence-corrected chi connectivity index (χ1v) is 6.45. The minimum Gasteiger partial charge on any atom is -0.399 e. The van der Waals surface area contributed by atoms with Crippen LogP contribution < -0.4 is 5.73 Å². The van der Waals surface area contributed by atoms with Gasteiger partial charge in [-0.3, -0.25) is 4.90 Å². The largest absolute Gasteiger partial charge is 0.399 e. The Balaban J connectivity index is 2.00. The van der Waals surface area contributed by atoms with Gasteiger partial charge >= 0.3 is 0 Å². The van der Waals surface area contributed by atoms with E-state index in [1.807, 2.05) is 0 Å². The number of nitrogens with two attached hydrogens (primary N) is 1. The molecular formula is C14H21FN2. The molecule has 1 unspecified atom stereocenters. The van der Waals surface area contributed by atoms with E-state index >= 15 is 0 Å². The molecule has 0 saturated carbocycles. The smallest absolute Gasteiger partial charge is 0.129 e. The highest BCUT2D eigenvalue weighted by atomic mass is 19.1. The molecule has 17 heavy (non-hydrogen) atoms. The molecule has 0 bridgehead atoms. The lowest BCUT2D eigenvalue weighted by Crippen LogP contribution is -2.34. The van der Waals surface area contributed by atoms with Gasteiger partial charge in [0.15, 0.2) is 0 Å². The van der Waals surface area contributed by atoms with Crippen molar-refractivity contribution < 1.29 is 4.39 Å². The van der Waals surface area contributed by atoms with Crippen molar-refractivity contribution >= 4 is 5.69 Å². The standard InChI is InChI=1S/C14H21FN2/c1-2-11-4-3-7-17(9-11)10-12-5-6-13(16)8-14(12)15/h5-6,8,11H,2-4,7,9-10,16H2,1H3. The molecule has 1 aliphatic rings. The summed E-state index contributed by atoms with van der Waals surface area (Å²) in [4.78, 5) is 2.35. The fourth-order valence-corrected chi connectivity index (χ4v) is 2.56. The van der Waals surface area contributed by atoms with Crippen LogP contribution in [0.1, 0.15) is 31.7 Å². The molecule has 1 atom stereocenters. The molecule has 1 saturated heterocycles. The van der Waals surface area contributed by atoms with Gasteiger partial charge in [-0.05, 0) is 37.4 Å². The van der Waals surface area contributed by atoms with Crippen LogP contribution in [0.4, 0.5) is 10.1 Å². The van der Waals surface area contributed by atoms with Crippen LogP contribution in [0.2, 0.25) is 0 Å². The topological polar surface area (TPSA) is 29.3 Å². The summed E-state index contributed by atoms with van der Waals surface area (Å²) < 4.78 is 13.7. The van der Waals surface area contributed by atoms with Crippen molar-refractivity contribution in [1.29, 1.82) is 0 Å². The summed E-state index contributed by atoms with van der Waals surface area (Å²) in [5, 5.41) is 0. The van der Waals surface area contributed by atoms with Gasteiger partial charge in [0.25, 0.3) is 0 Å². The van der Waals surface area contributed by atoms with E-state index in [2.05, 4.69) is 11.8 Å². The highest BCUT2D eigenvalue weighted by Crippen LogP contribution is 2.22. The van der Waals surface area contributed by atoms with E-state index in [4.69, 9.17) is 5.73 Å². The van der Waals surface area contributed by atoms with E-state index in [0.717, 1.165) is 24.6 Å². The summed E-state index contributed by atoms with van der Waals surface area (Å²) in [6.45, 7) is 5.13. The van der Waals surface area contributed by atoms with Crippen LogP contribution in [-0.2, 0) is 6.54 Å². The number of benzene rings is 1. The first-order chi connectivity index (χ1) is 8.19. The number of piperidine rings is 1. The fourth-order valence-electron chi connectivity index (χ4n) is 2.56. The maximum absolute atomic E-state index is 13.7. The Bertz CT molecular complexity index is 378. The number of likely N-dealkylation sites (tertiary alicyclic amines) is 1. The molecular weight excluding hydrogens is 215 g/mol. The summed E-state index contributed by atoms with van der Waals surface area (Å²) in [6.07, 6.45) is 3.77. The number of anilines is 1. The van der Waals surface area contributed by atoms with Crippen LogP contribution in [0.25, 0.3) is 0 Å². The molecule has 0 aromatic heterocycles. The molecule has 1 heterocycles. The third-order valence-corrected chi connectivity index (χ3v) is 3.65. The van der Waals surface area contributed by atoms with Crippen molar-refractivity contribution in [2.75, 3.05) is 18.8 Å². The van der Waals surface area contributed by atoms with Gasteiger partial charge in [-0.15, -0.1) is 0 Å². The fraction of sp³-hybridized carbons (Fsp3) is 0.571. The van der Waals surface area contributed by atoms with Crippen molar-refractivity contribution in [3.05, 3.63) is 29.6 Å². The summed E-state index contributed by atoms with van der Waals surface area (Å²) in [5.41, 5.74) is 6.81. The van der Waals surface area contributed by atoms with Crippen LogP contribution in [0.5, 0.6) is 0 Å². The van der Waals surface area contributed by atoms with Gasteiger partial charge < -0.3 is 5.73 Å². The molecule has 1 aromatic rings. The molecule has 1 aromatic carbocycles. The lowest BCUT2D eigenvalue weighted by molar-refractivity contribution is 0.163. The first-order valence-electron chi connectivity index (χ1n) is 6.45. The lowest BCUT2D eigenvalue weighted by Gasteiger charge is -2.32. The van der Waals surface area contributed by atoms with Crippen LogP contribution in [0.3, 0.4) is 0 Å². The number of nitrogen functional groups attached to an aromatic ring is 1. The first kappa shape index (κ1) is 12.4. The average Bonchev–Trinajstić information content (AvgIpc) is 2.33. The number of rotatable bonds is 3. The van der Waals surface area contributed by atoms with Gasteiger partial charge in [0.05, 0.1) is 0 Å². The van der Waals surface area contributed by atoms with Crippen LogP contribution >= 0.6 is 0 Å². The van der Waals surface area contributed by atoms with E-state index in [0.29, 0.717) is 12.2 Å². The van der Waals surface area contributed by atoms with Crippen LogP contribution in [0, 0.1) is 11.7 Å². The Kier molecular flexibility index (Phi) is 4.00. The van der Waals surface area contributed by atoms with E-state index in [1.54, 1.807) is 12.1 Å². The average molecular weight is 236 g/mol. The molecule has 0 spiro atoms. The monoisotopic (exact) mass is 236 g/mol. The van der Waals surface area contributed by atoms with Gasteiger partial charge in [-0.25, -0.2) is 4.39 Å².